The predicted molar refractivity (Wildman–Crippen MR) is 79.7 cm³/mol. The van der Waals surface area contributed by atoms with E-state index in [9.17, 15) is 8.42 Å². The van der Waals surface area contributed by atoms with Crippen molar-refractivity contribution >= 4 is 10.0 Å². The van der Waals surface area contributed by atoms with Crippen molar-refractivity contribution in [2.45, 2.75) is 43.6 Å². The Morgan fingerprint density at radius 1 is 1.14 bits per heavy atom. The highest BCUT2D eigenvalue weighted by atomic mass is 32.2. The van der Waals surface area contributed by atoms with E-state index in [1.807, 2.05) is 0 Å². The number of ether oxygens (including phenoxy) is 2. The molecule has 21 heavy (non-hydrogen) atoms. The highest BCUT2D eigenvalue weighted by Crippen LogP contribution is 2.34. The molecule has 0 amide bonds. The standard InChI is InChI=1S/C14H26N2O4S/c1-12(2)15-5-7-19-11-14(9-15)10-16(6-8-20-14)21(17,18)13-3-4-13/h12-13H,3-11H2,1-2H3. The first-order valence-corrected chi connectivity index (χ1v) is 9.38. The van der Waals surface area contributed by atoms with Crippen LogP contribution in [-0.4, -0.2) is 80.5 Å². The van der Waals surface area contributed by atoms with Gasteiger partial charge in [-0.15, -0.1) is 0 Å². The molecule has 3 rings (SSSR count). The molecule has 1 saturated carbocycles. The van der Waals surface area contributed by atoms with E-state index >= 15 is 0 Å². The van der Waals surface area contributed by atoms with E-state index in [1.165, 1.54) is 0 Å². The Hall–Kier alpha value is -0.210. The summed E-state index contributed by atoms with van der Waals surface area (Å²) in [6, 6.07) is 0.405. The van der Waals surface area contributed by atoms with Crippen molar-refractivity contribution in [2.24, 2.45) is 0 Å². The van der Waals surface area contributed by atoms with Crippen LogP contribution >= 0.6 is 0 Å². The van der Waals surface area contributed by atoms with Crippen LogP contribution in [0.4, 0.5) is 0 Å². The summed E-state index contributed by atoms with van der Waals surface area (Å²) in [6.07, 6.45) is 1.61. The smallest absolute Gasteiger partial charge is 0.217 e. The molecule has 2 saturated heterocycles. The number of hydrogen-bond acceptors (Lipinski definition) is 5. The highest BCUT2D eigenvalue weighted by Gasteiger charge is 2.47. The van der Waals surface area contributed by atoms with Gasteiger partial charge in [0.15, 0.2) is 0 Å². The van der Waals surface area contributed by atoms with Gasteiger partial charge in [-0.1, -0.05) is 0 Å². The first kappa shape index (κ1) is 15.7. The fourth-order valence-corrected chi connectivity index (χ4v) is 5.06. The van der Waals surface area contributed by atoms with E-state index in [0.29, 0.717) is 39.0 Å². The molecule has 1 spiro atoms. The second-order valence-electron chi connectivity index (χ2n) is 6.73. The number of hydrogen-bond donors (Lipinski definition) is 0. The van der Waals surface area contributed by atoms with Gasteiger partial charge in [-0.3, -0.25) is 4.90 Å². The lowest BCUT2D eigenvalue weighted by Gasteiger charge is -2.43. The summed E-state index contributed by atoms with van der Waals surface area (Å²) in [5.41, 5.74) is -0.513. The van der Waals surface area contributed by atoms with Gasteiger partial charge in [0, 0.05) is 32.2 Å². The molecule has 1 atom stereocenters. The van der Waals surface area contributed by atoms with Gasteiger partial charge < -0.3 is 9.47 Å². The summed E-state index contributed by atoms with van der Waals surface area (Å²) in [5, 5.41) is -0.152. The molecule has 0 radical (unpaired) electrons. The molecule has 3 fully saturated rings. The first-order valence-electron chi connectivity index (χ1n) is 7.88. The van der Waals surface area contributed by atoms with Crippen LogP contribution in [0.3, 0.4) is 0 Å². The molecule has 0 N–H and O–H groups in total. The lowest BCUT2D eigenvalue weighted by Crippen LogP contribution is -2.60. The van der Waals surface area contributed by atoms with Crippen LogP contribution in [0.1, 0.15) is 26.7 Å². The second kappa shape index (κ2) is 5.77. The van der Waals surface area contributed by atoms with E-state index in [1.54, 1.807) is 4.31 Å². The normalized spacial score (nSPS) is 33.5. The molecule has 1 unspecified atom stereocenters. The molecule has 2 heterocycles. The Labute approximate surface area is 127 Å². The molecule has 0 aromatic carbocycles. The van der Waals surface area contributed by atoms with E-state index in [2.05, 4.69) is 18.7 Å². The fraction of sp³-hybridized carbons (Fsp3) is 1.00. The molecule has 2 aliphatic heterocycles. The van der Waals surface area contributed by atoms with Crippen LogP contribution in [-0.2, 0) is 19.5 Å². The zero-order valence-corrected chi connectivity index (χ0v) is 13.8. The highest BCUT2D eigenvalue weighted by molar-refractivity contribution is 7.90. The summed E-state index contributed by atoms with van der Waals surface area (Å²) in [4.78, 5) is 2.32. The zero-order chi connectivity index (χ0) is 15.1. The Morgan fingerprint density at radius 2 is 1.90 bits per heavy atom. The van der Waals surface area contributed by atoms with Gasteiger partial charge in [-0.05, 0) is 26.7 Å². The van der Waals surface area contributed by atoms with Gasteiger partial charge in [-0.2, -0.15) is 4.31 Å². The Morgan fingerprint density at radius 3 is 2.57 bits per heavy atom. The summed E-state index contributed by atoms with van der Waals surface area (Å²) in [6.45, 7) is 8.44. The van der Waals surface area contributed by atoms with Crippen LogP contribution in [0.25, 0.3) is 0 Å². The Balaban J connectivity index is 1.76. The maximum atomic E-state index is 12.5. The van der Waals surface area contributed by atoms with Crippen molar-refractivity contribution in [3.63, 3.8) is 0 Å². The molecule has 1 aliphatic carbocycles. The predicted octanol–water partition coefficient (Wildman–Crippen LogP) is 0.290. The minimum atomic E-state index is -3.13. The van der Waals surface area contributed by atoms with E-state index in [4.69, 9.17) is 9.47 Å². The lowest BCUT2D eigenvalue weighted by atomic mass is 10.0. The topological polar surface area (TPSA) is 59.1 Å². The van der Waals surface area contributed by atoms with Gasteiger partial charge in [0.05, 0.1) is 25.1 Å². The molecular formula is C14H26N2O4S. The van der Waals surface area contributed by atoms with Crippen molar-refractivity contribution in [3.8, 4) is 0 Å². The average Bonchev–Trinajstić information content (AvgIpc) is 3.26. The summed E-state index contributed by atoms with van der Waals surface area (Å²) in [5.74, 6) is 0. The third-order valence-corrected chi connectivity index (χ3v) is 6.97. The van der Waals surface area contributed by atoms with Gasteiger partial charge in [-0.25, -0.2) is 8.42 Å². The maximum Gasteiger partial charge on any atom is 0.217 e. The molecule has 7 heteroatoms. The monoisotopic (exact) mass is 318 g/mol. The van der Waals surface area contributed by atoms with Gasteiger partial charge >= 0.3 is 0 Å². The second-order valence-corrected chi connectivity index (χ2v) is 8.94. The zero-order valence-electron chi connectivity index (χ0n) is 13.0. The molecule has 0 bridgehead atoms. The number of rotatable bonds is 3. The summed E-state index contributed by atoms with van der Waals surface area (Å²) in [7, 11) is -3.13. The van der Waals surface area contributed by atoms with E-state index in [-0.39, 0.29) is 5.25 Å². The minimum absolute atomic E-state index is 0.152. The maximum absolute atomic E-state index is 12.5. The van der Waals surface area contributed by atoms with Gasteiger partial charge in [0.2, 0.25) is 10.0 Å². The number of sulfonamides is 1. The number of morpholine rings is 1. The number of nitrogens with zero attached hydrogens (tertiary/aromatic N) is 2. The SMILES string of the molecule is CC(C)N1CCOCC2(C1)CN(S(=O)(=O)C1CC1)CCO2. The van der Waals surface area contributed by atoms with Gasteiger partial charge in [0.25, 0.3) is 0 Å². The molecule has 0 aromatic rings. The van der Waals surface area contributed by atoms with Crippen molar-refractivity contribution in [3.05, 3.63) is 0 Å². The van der Waals surface area contributed by atoms with Crippen molar-refractivity contribution < 1.29 is 17.9 Å². The van der Waals surface area contributed by atoms with Crippen molar-refractivity contribution in [1.29, 1.82) is 0 Å². The minimum Gasteiger partial charge on any atom is -0.377 e. The summed E-state index contributed by atoms with van der Waals surface area (Å²) >= 11 is 0. The third kappa shape index (κ3) is 3.27. The third-order valence-electron chi connectivity index (χ3n) is 4.63. The van der Waals surface area contributed by atoms with Crippen LogP contribution in [0.5, 0.6) is 0 Å². The van der Waals surface area contributed by atoms with Crippen molar-refractivity contribution in [2.75, 3.05) is 46.0 Å². The Kier molecular flexibility index (Phi) is 4.31. The van der Waals surface area contributed by atoms with E-state index in [0.717, 1.165) is 25.9 Å². The van der Waals surface area contributed by atoms with Gasteiger partial charge in [0.1, 0.15) is 5.60 Å². The van der Waals surface area contributed by atoms with E-state index < -0.39 is 15.6 Å². The molecule has 0 aromatic heterocycles. The van der Waals surface area contributed by atoms with Crippen LogP contribution in [0.15, 0.2) is 0 Å². The molecular weight excluding hydrogens is 292 g/mol. The fourth-order valence-electron chi connectivity index (χ4n) is 3.16. The summed E-state index contributed by atoms with van der Waals surface area (Å²) < 4.78 is 38.4. The largest absolute Gasteiger partial charge is 0.377 e. The average molecular weight is 318 g/mol. The lowest BCUT2D eigenvalue weighted by molar-refractivity contribution is -0.127. The molecule has 122 valence electrons. The van der Waals surface area contributed by atoms with Crippen LogP contribution in [0.2, 0.25) is 0 Å². The first-order chi connectivity index (χ1) is 9.93. The quantitative estimate of drug-likeness (QED) is 0.749. The molecule has 6 nitrogen and oxygen atoms in total. The Bertz CT molecular complexity index is 477. The molecule has 3 aliphatic rings. The van der Waals surface area contributed by atoms with Crippen LogP contribution in [0, 0.1) is 0 Å². The van der Waals surface area contributed by atoms with Crippen molar-refractivity contribution in [1.82, 2.24) is 9.21 Å². The van der Waals surface area contributed by atoms with Crippen LogP contribution < -0.4 is 0 Å².